The minimum Gasteiger partial charge on any atom is -0.377 e. The van der Waals surface area contributed by atoms with Crippen molar-refractivity contribution >= 4 is 5.95 Å². The monoisotopic (exact) mass is 354 g/mol. The maximum Gasteiger partial charge on any atom is 0.267 e. The third-order valence-corrected chi connectivity index (χ3v) is 4.10. The van der Waals surface area contributed by atoms with E-state index in [0.717, 1.165) is 18.0 Å². The fourth-order valence-electron chi connectivity index (χ4n) is 2.81. The molecule has 26 heavy (non-hydrogen) atoms. The number of halogens is 1. The van der Waals surface area contributed by atoms with Gasteiger partial charge in [-0.25, -0.2) is 19.0 Å². The van der Waals surface area contributed by atoms with E-state index in [2.05, 4.69) is 25.4 Å². The molecule has 0 aromatic carbocycles. The van der Waals surface area contributed by atoms with Gasteiger partial charge in [-0.1, -0.05) is 0 Å². The molecular formula is C17H15FN6O2. The van der Waals surface area contributed by atoms with Crippen LogP contribution in [-0.4, -0.2) is 44.0 Å². The van der Waals surface area contributed by atoms with Crippen LogP contribution < -0.4 is 10.9 Å². The van der Waals surface area contributed by atoms with E-state index in [-0.39, 0.29) is 23.6 Å². The molecule has 1 saturated heterocycles. The summed E-state index contributed by atoms with van der Waals surface area (Å²) >= 11 is 0. The smallest absolute Gasteiger partial charge is 0.267 e. The van der Waals surface area contributed by atoms with Crippen LogP contribution in [0.3, 0.4) is 0 Å². The lowest BCUT2D eigenvalue weighted by molar-refractivity contribution is 0.183. The van der Waals surface area contributed by atoms with Crippen LogP contribution in [0.25, 0.3) is 11.3 Å². The van der Waals surface area contributed by atoms with Gasteiger partial charge in [0.25, 0.3) is 5.56 Å². The summed E-state index contributed by atoms with van der Waals surface area (Å²) in [5, 5.41) is 7.57. The number of hydrogen-bond acceptors (Lipinski definition) is 7. The Morgan fingerprint density at radius 3 is 2.65 bits per heavy atom. The van der Waals surface area contributed by atoms with Gasteiger partial charge < -0.3 is 10.1 Å². The number of nitrogens with one attached hydrogen (secondary N) is 1. The molecule has 8 nitrogen and oxygen atoms in total. The first kappa shape index (κ1) is 16.3. The van der Waals surface area contributed by atoms with Crippen LogP contribution in [0.1, 0.15) is 6.04 Å². The molecule has 1 aliphatic heterocycles. The summed E-state index contributed by atoms with van der Waals surface area (Å²) in [5.41, 5.74) is 1.29. The molecule has 2 atom stereocenters. The van der Waals surface area contributed by atoms with Gasteiger partial charge in [0.05, 0.1) is 37.3 Å². The Labute approximate surface area is 147 Å². The Bertz CT molecular complexity index is 947. The number of hydrogen-bond donors (Lipinski definition) is 1. The summed E-state index contributed by atoms with van der Waals surface area (Å²) in [6.45, 7) is 0.685. The molecule has 0 bridgehead atoms. The van der Waals surface area contributed by atoms with Crippen molar-refractivity contribution in [1.82, 2.24) is 24.7 Å². The normalized spacial score (nSPS) is 19.4. The maximum absolute atomic E-state index is 13.0. The highest BCUT2D eigenvalue weighted by Crippen LogP contribution is 2.22. The van der Waals surface area contributed by atoms with Crippen LogP contribution in [0.5, 0.6) is 0 Å². The van der Waals surface area contributed by atoms with Gasteiger partial charge in [0.15, 0.2) is 5.82 Å². The highest BCUT2D eigenvalue weighted by atomic mass is 19.1. The maximum atomic E-state index is 13.0. The zero-order chi connectivity index (χ0) is 17.9. The Hall–Kier alpha value is -3.20. The van der Waals surface area contributed by atoms with Gasteiger partial charge in [-0.3, -0.25) is 9.78 Å². The first-order valence-corrected chi connectivity index (χ1v) is 8.03. The summed E-state index contributed by atoms with van der Waals surface area (Å²) in [6, 6.07) is 6.20. The molecule has 0 saturated carbocycles. The fraction of sp³-hybridized carbons (Fsp3) is 0.235. The van der Waals surface area contributed by atoms with Gasteiger partial charge in [-0.05, 0) is 18.2 Å². The van der Waals surface area contributed by atoms with E-state index in [1.54, 1.807) is 18.5 Å². The molecule has 4 heterocycles. The number of pyridine rings is 1. The van der Waals surface area contributed by atoms with Gasteiger partial charge in [-0.2, -0.15) is 5.10 Å². The molecule has 132 valence electrons. The molecule has 3 aromatic heterocycles. The summed E-state index contributed by atoms with van der Waals surface area (Å²) in [7, 11) is 0. The molecule has 1 fully saturated rings. The Balaban J connectivity index is 1.63. The highest BCUT2D eigenvalue weighted by Gasteiger charge is 2.32. The van der Waals surface area contributed by atoms with Crippen molar-refractivity contribution < 1.29 is 9.13 Å². The van der Waals surface area contributed by atoms with E-state index in [1.807, 2.05) is 12.1 Å². The molecule has 0 radical (unpaired) electrons. The van der Waals surface area contributed by atoms with Crippen LogP contribution in [0.2, 0.25) is 0 Å². The van der Waals surface area contributed by atoms with Crippen molar-refractivity contribution in [3.05, 3.63) is 65.2 Å². The third-order valence-electron chi connectivity index (χ3n) is 4.10. The average molecular weight is 354 g/mol. The first-order chi connectivity index (χ1) is 12.7. The van der Waals surface area contributed by atoms with Crippen LogP contribution in [-0.2, 0) is 4.74 Å². The second-order valence-electron chi connectivity index (χ2n) is 5.82. The van der Waals surface area contributed by atoms with Gasteiger partial charge in [0.2, 0.25) is 5.95 Å². The zero-order valence-electron chi connectivity index (χ0n) is 13.6. The van der Waals surface area contributed by atoms with E-state index >= 15 is 0 Å². The van der Waals surface area contributed by atoms with Crippen LogP contribution in [0, 0.1) is 5.82 Å². The van der Waals surface area contributed by atoms with Gasteiger partial charge in [-0.15, -0.1) is 0 Å². The lowest BCUT2D eigenvalue weighted by atomic mass is 10.1. The molecule has 0 aliphatic carbocycles. The first-order valence-electron chi connectivity index (χ1n) is 8.03. The number of nitrogens with zero attached hydrogens (tertiary/aromatic N) is 5. The number of anilines is 1. The molecule has 0 amide bonds. The molecule has 1 aliphatic rings. The molecular weight excluding hydrogens is 339 g/mol. The van der Waals surface area contributed by atoms with Crippen LogP contribution in [0.15, 0.2) is 53.8 Å². The summed E-state index contributed by atoms with van der Waals surface area (Å²) in [6.07, 6.45) is 5.49. The Morgan fingerprint density at radius 1 is 1.12 bits per heavy atom. The van der Waals surface area contributed by atoms with Crippen molar-refractivity contribution in [2.45, 2.75) is 12.1 Å². The second kappa shape index (κ2) is 6.96. The molecule has 2 unspecified atom stereocenters. The fourth-order valence-corrected chi connectivity index (χ4v) is 2.81. The van der Waals surface area contributed by atoms with Gasteiger partial charge in [0, 0.05) is 24.0 Å². The summed E-state index contributed by atoms with van der Waals surface area (Å²) in [4.78, 5) is 24.1. The number of rotatable bonds is 4. The average Bonchev–Trinajstić information content (AvgIpc) is 3.13. The lowest BCUT2D eigenvalue weighted by Crippen LogP contribution is -2.37. The van der Waals surface area contributed by atoms with Crippen molar-refractivity contribution in [3.63, 3.8) is 0 Å². The standard InChI is InChI=1S/C17H15FN6O2/c18-12-7-20-17(21-8-12)22-14-9-26-10-15(14)24-16(25)2-1-13(23-24)11-3-5-19-6-4-11/h1-8,14-15H,9-10H2,(H,20,21,22). The zero-order valence-corrected chi connectivity index (χ0v) is 13.6. The number of aromatic nitrogens is 5. The van der Waals surface area contributed by atoms with Gasteiger partial charge >= 0.3 is 0 Å². The number of ether oxygens (including phenoxy) is 1. The Morgan fingerprint density at radius 2 is 1.88 bits per heavy atom. The van der Waals surface area contributed by atoms with Gasteiger partial charge in [0.1, 0.15) is 6.04 Å². The van der Waals surface area contributed by atoms with Crippen molar-refractivity contribution in [1.29, 1.82) is 0 Å². The lowest BCUT2D eigenvalue weighted by Gasteiger charge is -2.20. The van der Waals surface area contributed by atoms with E-state index in [1.165, 1.54) is 10.7 Å². The SMILES string of the molecule is O=c1ccc(-c2ccncc2)nn1C1COCC1Nc1ncc(F)cn1. The second-order valence-corrected chi connectivity index (χ2v) is 5.82. The predicted octanol–water partition coefficient (Wildman–Crippen LogP) is 1.29. The van der Waals surface area contributed by atoms with E-state index in [0.29, 0.717) is 18.9 Å². The minimum atomic E-state index is -0.516. The molecule has 9 heteroatoms. The van der Waals surface area contributed by atoms with E-state index in [9.17, 15) is 9.18 Å². The summed E-state index contributed by atoms with van der Waals surface area (Å²) in [5.74, 6) is -0.247. The topological polar surface area (TPSA) is 94.8 Å². The quantitative estimate of drug-likeness (QED) is 0.754. The van der Waals surface area contributed by atoms with Crippen molar-refractivity contribution in [2.24, 2.45) is 0 Å². The van der Waals surface area contributed by atoms with Crippen molar-refractivity contribution in [2.75, 3.05) is 18.5 Å². The largest absolute Gasteiger partial charge is 0.377 e. The Kier molecular flexibility index (Phi) is 4.36. The predicted molar refractivity (Wildman–Crippen MR) is 91.0 cm³/mol. The summed E-state index contributed by atoms with van der Waals surface area (Å²) < 4.78 is 19.9. The van der Waals surface area contributed by atoms with E-state index in [4.69, 9.17) is 4.74 Å². The van der Waals surface area contributed by atoms with E-state index < -0.39 is 5.82 Å². The highest BCUT2D eigenvalue weighted by molar-refractivity contribution is 5.57. The minimum absolute atomic E-state index is 0.231. The van der Waals surface area contributed by atoms with Crippen LogP contribution >= 0.6 is 0 Å². The molecule has 1 N–H and O–H groups in total. The van der Waals surface area contributed by atoms with Crippen molar-refractivity contribution in [3.8, 4) is 11.3 Å². The molecule has 3 aromatic rings. The molecule has 4 rings (SSSR count). The molecule has 0 spiro atoms. The van der Waals surface area contributed by atoms with Crippen LogP contribution in [0.4, 0.5) is 10.3 Å². The third kappa shape index (κ3) is 3.29.